The van der Waals surface area contributed by atoms with Crippen LogP contribution in [0.4, 0.5) is 0 Å². The van der Waals surface area contributed by atoms with Gasteiger partial charge in [0.15, 0.2) is 5.58 Å². The number of fused-ring (bicyclic) bond motifs is 2. The van der Waals surface area contributed by atoms with E-state index in [1.807, 2.05) is 6.07 Å². The maximum atomic E-state index is 13.1. The first-order valence-corrected chi connectivity index (χ1v) is 10.1. The summed E-state index contributed by atoms with van der Waals surface area (Å²) in [6, 6.07) is 8.32. The van der Waals surface area contributed by atoms with Gasteiger partial charge in [-0.25, -0.2) is 4.79 Å². The fraction of sp³-hybridized carbons (Fsp3) is 0.300. The Morgan fingerprint density at radius 3 is 2.31 bits per heavy atom. The number of aromatic carboxylic acids is 1. The minimum Gasteiger partial charge on any atom is -0.478 e. The maximum absolute atomic E-state index is 13.1. The highest BCUT2D eigenvalue weighted by atomic mass is 32.2. The molecule has 136 valence electrons. The highest BCUT2D eigenvalue weighted by Crippen LogP contribution is 2.36. The number of carboxylic acid groups (broad SMARTS) is 1. The van der Waals surface area contributed by atoms with Gasteiger partial charge in [0.1, 0.15) is 5.58 Å². The SMILES string of the molecule is CC(C)Sc1cc(SC(C)C)c2oc3ccc(C(=O)O)cc3c(=O)c2c1. The van der Waals surface area contributed by atoms with Crippen LogP contribution in [0.2, 0.25) is 0 Å². The van der Waals surface area contributed by atoms with Crippen molar-refractivity contribution in [3.8, 4) is 0 Å². The van der Waals surface area contributed by atoms with Gasteiger partial charge in [0, 0.05) is 15.4 Å². The number of thioether (sulfide) groups is 2. The summed E-state index contributed by atoms with van der Waals surface area (Å²) in [5.41, 5.74) is 0.856. The highest BCUT2D eigenvalue weighted by Gasteiger charge is 2.16. The van der Waals surface area contributed by atoms with Gasteiger partial charge in [-0.15, -0.1) is 23.5 Å². The zero-order valence-corrected chi connectivity index (χ0v) is 16.7. The summed E-state index contributed by atoms with van der Waals surface area (Å²) in [5.74, 6) is -1.06. The molecule has 1 aromatic heterocycles. The Kier molecular flexibility index (Phi) is 5.34. The third-order valence-corrected chi connectivity index (χ3v) is 5.70. The second-order valence-electron chi connectivity index (χ2n) is 6.58. The van der Waals surface area contributed by atoms with Crippen LogP contribution < -0.4 is 5.43 Å². The minimum atomic E-state index is -1.06. The lowest BCUT2D eigenvalue weighted by molar-refractivity contribution is 0.0697. The predicted molar refractivity (Wildman–Crippen MR) is 109 cm³/mol. The predicted octanol–water partition coefficient (Wildman–Crippen LogP) is 5.65. The molecule has 0 aliphatic carbocycles. The van der Waals surface area contributed by atoms with E-state index in [0.717, 1.165) is 9.79 Å². The fourth-order valence-corrected chi connectivity index (χ4v) is 4.67. The van der Waals surface area contributed by atoms with Crippen molar-refractivity contribution in [2.75, 3.05) is 0 Å². The third kappa shape index (κ3) is 3.76. The number of hydrogen-bond acceptors (Lipinski definition) is 5. The Hall–Kier alpha value is -1.92. The molecule has 0 atom stereocenters. The van der Waals surface area contributed by atoms with E-state index in [-0.39, 0.29) is 11.0 Å². The number of carbonyl (C=O) groups is 1. The van der Waals surface area contributed by atoms with Gasteiger partial charge in [-0.05, 0) is 30.3 Å². The van der Waals surface area contributed by atoms with Crippen LogP contribution in [0.25, 0.3) is 21.9 Å². The Labute approximate surface area is 160 Å². The Bertz CT molecular complexity index is 1050. The Morgan fingerprint density at radius 2 is 1.69 bits per heavy atom. The molecule has 0 amide bonds. The first-order chi connectivity index (χ1) is 12.3. The summed E-state index contributed by atoms with van der Waals surface area (Å²) < 4.78 is 6.03. The molecule has 0 saturated heterocycles. The van der Waals surface area contributed by atoms with Gasteiger partial charge in [0.05, 0.1) is 21.2 Å². The average Bonchev–Trinajstić information content (AvgIpc) is 2.54. The van der Waals surface area contributed by atoms with Crippen LogP contribution in [-0.2, 0) is 0 Å². The Balaban J connectivity index is 2.35. The third-order valence-electron chi connectivity index (χ3n) is 3.69. The standard InChI is InChI=1S/C20H20O4S2/c1-10(2)25-13-8-15-18(21)14-7-12(20(22)23)5-6-16(14)24-19(15)17(9-13)26-11(3)4/h5-11H,1-4H3,(H,22,23). The van der Waals surface area contributed by atoms with Gasteiger partial charge >= 0.3 is 5.97 Å². The van der Waals surface area contributed by atoms with Crippen molar-refractivity contribution >= 4 is 51.4 Å². The molecule has 26 heavy (non-hydrogen) atoms. The lowest BCUT2D eigenvalue weighted by Gasteiger charge is -2.12. The summed E-state index contributed by atoms with van der Waals surface area (Å²) in [4.78, 5) is 26.2. The Morgan fingerprint density at radius 1 is 1.00 bits per heavy atom. The smallest absolute Gasteiger partial charge is 0.335 e. The molecular formula is C20H20O4S2. The number of rotatable bonds is 5. The molecular weight excluding hydrogens is 368 g/mol. The first-order valence-electron chi connectivity index (χ1n) is 8.37. The van der Waals surface area contributed by atoms with E-state index >= 15 is 0 Å². The van der Waals surface area contributed by atoms with Crippen molar-refractivity contribution < 1.29 is 14.3 Å². The summed E-state index contributed by atoms with van der Waals surface area (Å²) >= 11 is 3.34. The van der Waals surface area contributed by atoms with Gasteiger partial charge in [0.2, 0.25) is 5.43 Å². The molecule has 0 fully saturated rings. The van der Waals surface area contributed by atoms with Crippen molar-refractivity contribution in [3.05, 3.63) is 46.1 Å². The first kappa shape index (κ1) is 18.9. The normalized spacial score (nSPS) is 11.8. The van der Waals surface area contributed by atoms with E-state index in [1.54, 1.807) is 29.6 Å². The van der Waals surface area contributed by atoms with Crippen molar-refractivity contribution in [3.63, 3.8) is 0 Å². The lowest BCUT2D eigenvalue weighted by Crippen LogP contribution is -2.06. The number of hydrogen-bond donors (Lipinski definition) is 1. The van der Waals surface area contributed by atoms with Gasteiger partial charge in [-0.3, -0.25) is 4.79 Å². The van der Waals surface area contributed by atoms with E-state index in [2.05, 4.69) is 33.8 Å². The number of carboxylic acids is 1. The van der Waals surface area contributed by atoms with E-state index in [9.17, 15) is 14.7 Å². The summed E-state index contributed by atoms with van der Waals surface area (Å²) in [6.45, 7) is 8.40. The lowest BCUT2D eigenvalue weighted by atomic mass is 10.1. The molecule has 3 rings (SSSR count). The van der Waals surface area contributed by atoms with Crippen LogP contribution in [0, 0.1) is 0 Å². The van der Waals surface area contributed by atoms with Crippen LogP contribution in [0.5, 0.6) is 0 Å². The van der Waals surface area contributed by atoms with Gasteiger partial charge in [-0.1, -0.05) is 27.7 Å². The van der Waals surface area contributed by atoms with Gasteiger partial charge < -0.3 is 9.52 Å². The quantitative estimate of drug-likeness (QED) is 0.450. The van der Waals surface area contributed by atoms with E-state index in [1.165, 1.54) is 12.1 Å². The summed E-state index contributed by atoms with van der Waals surface area (Å²) in [5, 5.41) is 10.7. The molecule has 4 nitrogen and oxygen atoms in total. The zero-order valence-electron chi connectivity index (χ0n) is 15.0. The number of benzene rings is 2. The van der Waals surface area contributed by atoms with Gasteiger partial charge in [-0.2, -0.15) is 0 Å². The molecule has 1 heterocycles. The van der Waals surface area contributed by atoms with Crippen LogP contribution in [0.3, 0.4) is 0 Å². The van der Waals surface area contributed by atoms with Crippen LogP contribution in [0.15, 0.2) is 49.3 Å². The molecule has 0 bridgehead atoms. The minimum absolute atomic E-state index is 0.0774. The van der Waals surface area contributed by atoms with Crippen molar-refractivity contribution in [1.82, 2.24) is 0 Å². The molecule has 3 aromatic rings. The van der Waals surface area contributed by atoms with Crippen LogP contribution in [0.1, 0.15) is 38.1 Å². The molecule has 0 spiro atoms. The second kappa shape index (κ2) is 7.37. The largest absolute Gasteiger partial charge is 0.478 e. The van der Waals surface area contributed by atoms with Crippen LogP contribution in [-0.4, -0.2) is 21.6 Å². The molecule has 0 saturated carbocycles. The van der Waals surface area contributed by atoms with E-state index in [0.29, 0.717) is 32.4 Å². The molecule has 0 aliphatic heterocycles. The van der Waals surface area contributed by atoms with Gasteiger partial charge in [0.25, 0.3) is 0 Å². The molecule has 0 unspecified atom stereocenters. The summed E-state index contributed by atoms with van der Waals surface area (Å²) in [7, 11) is 0. The van der Waals surface area contributed by atoms with Crippen molar-refractivity contribution in [2.45, 2.75) is 48.0 Å². The molecule has 0 aliphatic rings. The van der Waals surface area contributed by atoms with Crippen molar-refractivity contribution in [1.29, 1.82) is 0 Å². The van der Waals surface area contributed by atoms with E-state index < -0.39 is 5.97 Å². The van der Waals surface area contributed by atoms with E-state index in [4.69, 9.17) is 4.42 Å². The molecule has 1 N–H and O–H groups in total. The second-order valence-corrected chi connectivity index (χ2v) is 9.85. The topological polar surface area (TPSA) is 67.5 Å². The monoisotopic (exact) mass is 388 g/mol. The fourth-order valence-electron chi connectivity index (χ4n) is 2.72. The zero-order chi connectivity index (χ0) is 19.0. The van der Waals surface area contributed by atoms with Crippen molar-refractivity contribution in [2.24, 2.45) is 0 Å². The maximum Gasteiger partial charge on any atom is 0.335 e. The molecule has 2 aromatic carbocycles. The highest BCUT2D eigenvalue weighted by molar-refractivity contribution is 8.00. The average molecular weight is 389 g/mol. The molecule has 6 heteroatoms. The summed E-state index contributed by atoms with van der Waals surface area (Å²) in [6.07, 6.45) is 0. The molecule has 0 radical (unpaired) electrons. The van der Waals surface area contributed by atoms with Crippen LogP contribution >= 0.6 is 23.5 Å².